The molecular weight excluding hydrogens is 365 g/mol. The average Bonchev–Trinajstić information content (AvgIpc) is 3.07. The van der Waals surface area contributed by atoms with E-state index in [1.807, 2.05) is 0 Å². The molecule has 2 heterocycles. The molecule has 25 heavy (non-hydrogen) atoms. The number of hydroxylamine groups is 1. The van der Waals surface area contributed by atoms with Gasteiger partial charge in [0.1, 0.15) is 10.6 Å². The van der Waals surface area contributed by atoms with Crippen molar-refractivity contribution in [2.75, 3.05) is 5.75 Å². The van der Waals surface area contributed by atoms with E-state index in [-0.39, 0.29) is 18.0 Å². The fraction of sp³-hybridized carbons (Fsp3) is 0.353. The molecule has 0 radical (unpaired) electrons. The van der Waals surface area contributed by atoms with Crippen LogP contribution in [0.15, 0.2) is 36.4 Å². The molecule has 2 aromatic rings. The number of hydrogen-bond acceptors (Lipinski definition) is 5. The second kappa shape index (κ2) is 6.86. The summed E-state index contributed by atoms with van der Waals surface area (Å²) >= 11 is 1.29. The minimum atomic E-state index is -3.54. The zero-order valence-corrected chi connectivity index (χ0v) is 15.0. The van der Waals surface area contributed by atoms with Crippen LogP contribution >= 0.6 is 11.3 Å². The van der Waals surface area contributed by atoms with Crippen LogP contribution in [-0.4, -0.2) is 25.3 Å². The Morgan fingerprint density at radius 2 is 1.92 bits per heavy atom. The van der Waals surface area contributed by atoms with Gasteiger partial charge >= 0.3 is 0 Å². The number of halogens is 1. The average molecular weight is 383 g/mol. The third-order valence-electron chi connectivity index (χ3n) is 4.59. The number of benzene rings is 1. The van der Waals surface area contributed by atoms with Gasteiger partial charge in [0.15, 0.2) is 9.84 Å². The third-order valence-corrected chi connectivity index (χ3v) is 8.65. The molecule has 0 bridgehead atoms. The van der Waals surface area contributed by atoms with Gasteiger partial charge in [-0.05, 0) is 42.7 Å². The molecule has 1 fully saturated rings. The number of rotatable bonds is 4. The van der Waals surface area contributed by atoms with E-state index >= 15 is 0 Å². The van der Waals surface area contributed by atoms with Gasteiger partial charge in [-0.1, -0.05) is 18.6 Å². The van der Waals surface area contributed by atoms with Crippen molar-refractivity contribution in [1.82, 2.24) is 5.48 Å². The van der Waals surface area contributed by atoms with E-state index in [0.29, 0.717) is 24.1 Å². The van der Waals surface area contributed by atoms with Crippen LogP contribution in [0, 0.1) is 5.82 Å². The van der Waals surface area contributed by atoms with Crippen molar-refractivity contribution in [2.24, 2.45) is 0 Å². The van der Waals surface area contributed by atoms with Crippen molar-refractivity contribution in [3.8, 4) is 10.4 Å². The van der Waals surface area contributed by atoms with Gasteiger partial charge in [-0.3, -0.25) is 10.0 Å². The first kappa shape index (κ1) is 18.0. The van der Waals surface area contributed by atoms with Crippen molar-refractivity contribution in [3.63, 3.8) is 0 Å². The summed E-state index contributed by atoms with van der Waals surface area (Å²) in [5.41, 5.74) is 2.33. The summed E-state index contributed by atoms with van der Waals surface area (Å²) < 4.78 is 37.5. The molecule has 1 unspecified atom stereocenters. The fourth-order valence-corrected chi connectivity index (χ4v) is 7.05. The lowest BCUT2D eigenvalue weighted by Crippen LogP contribution is -2.43. The number of nitrogens with one attached hydrogen (secondary N) is 1. The van der Waals surface area contributed by atoms with E-state index in [0.717, 1.165) is 10.4 Å². The summed E-state index contributed by atoms with van der Waals surface area (Å²) in [5.74, 6) is -1.04. The van der Waals surface area contributed by atoms with Gasteiger partial charge in [0, 0.05) is 9.75 Å². The van der Waals surface area contributed by atoms with Gasteiger partial charge in [0.2, 0.25) is 5.91 Å². The Labute approximate surface area is 149 Å². The third kappa shape index (κ3) is 3.33. The van der Waals surface area contributed by atoms with Crippen LogP contribution in [0.3, 0.4) is 0 Å². The van der Waals surface area contributed by atoms with Gasteiger partial charge in [-0.2, -0.15) is 0 Å². The molecule has 2 N–H and O–H groups in total. The number of carbonyl (C=O) groups is 1. The molecule has 3 rings (SSSR count). The van der Waals surface area contributed by atoms with Crippen LogP contribution in [0.1, 0.15) is 30.6 Å². The Kier molecular flexibility index (Phi) is 4.95. The highest BCUT2D eigenvalue weighted by atomic mass is 32.2. The molecule has 1 saturated heterocycles. The van der Waals surface area contributed by atoms with Crippen LogP contribution < -0.4 is 5.48 Å². The Morgan fingerprint density at radius 3 is 2.56 bits per heavy atom. The highest BCUT2D eigenvalue weighted by Gasteiger charge is 2.49. The molecule has 8 heteroatoms. The Morgan fingerprint density at radius 1 is 1.20 bits per heavy atom. The zero-order chi connectivity index (χ0) is 18.1. The normalized spacial score (nSPS) is 22.5. The van der Waals surface area contributed by atoms with Crippen LogP contribution in [0.25, 0.3) is 10.4 Å². The molecule has 5 nitrogen and oxygen atoms in total. The molecule has 1 aliphatic rings. The maximum Gasteiger partial charge on any atom is 0.245 e. The number of sulfone groups is 1. The van der Waals surface area contributed by atoms with Crippen LogP contribution in [0.5, 0.6) is 0 Å². The number of hydrogen-bond donors (Lipinski definition) is 2. The van der Waals surface area contributed by atoms with Crippen molar-refractivity contribution in [2.45, 2.75) is 30.4 Å². The first-order chi connectivity index (χ1) is 11.9. The van der Waals surface area contributed by atoms with Crippen LogP contribution in [0.4, 0.5) is 4.39 Å². The van der Waals surface area contributed by atoms with Crippen molar-refractivity contribution in [1.29, 1.82) is 0 Å². The van der Waals surface area contributed by atoms with E-state index in [4.69, 9.17) is 5.21 Å². The van der Waals surface area contributed by atoms with Crippen LogP contribution in [-0.2, 0) is 19.4 Å². The predicted molar refractivity (Wildman–Crippen MR) is 93.6 cm³/mol. The Hall–Kier alpha value is -1.77. The molecule has 1 atom stereocenters. The Bertz CT molecular complexity index is 876. The molecular formula is C17H18FNO4S2. The van der Waals surface area contributed by atoms with E-state index in [9.17, 15) is 17.6 Å². The van der Waals surface area contributed by atoms with Gasteiger partial charge in [-0.25, -0.2) is 18.3 Å². The molecule has 1 aliphatic heterocycles. The quantitative estimate of drug-likeness (QED) is 0.627. The van der Waals surface area contributed by atoms with E-state index < -0.39 is 20.5 Å². The first-order valence-corrected chi connectivity index (χ1v) is 10.4. The minimum Gasteiger partial charge on any atom is -0.289 e. The van der Waals surface area contributed by atoms with E-state index in [1.54, 1.807) is 29.7 Å². The fourth-order valence-electron chi connectivity index (χ4n) is 3.27. The summed E-state index contributed by atoms with van der Waals surface area (Å²) in [6.45, 7) is 0. The summed E-state index contributed by atoms with van der Waals surface area (Å²) in [6, 6.07) is 9.47. The van der Waals surface area contributed by atoms with Crippen LogP contribution in [0.2, 0.25) is 0 Å². The first-order valence-electron chi connectivity index (χ1n) is 7.89. The molecule has 1 amide bonds. The Balaban J connectivity index is 2.05. The maximum atomic E-state index is 13.1. The minimum absolute atomic E-state index is 0.0233. The largest absolute Gasteiger partial charge is 0.289 e. The number of carbonyl (C=O) groups excluding carboxylic acids is 1. The second-order valence-electron chi connectivity index (χ2n) is 6.15. The highest BCUT2D eigenvalue weighted by molar-refractivity contribution is 7.92. The van der Waals surface area contributed by atoms with Gasteiger partial charge < -0.3 is 0 Å². The standard InChI is InChI=1S/C17H18FNO4S2/c18-13-5-3-12(4-6-13)14-7-8-15(24-14)17(11-16(20)19-21)9-1-2-10-25(17,22)23/h3-8,21H,1-2,9-11H2,(H,19,20). The van der Waals surface area contributed by atoms with Crippen molar-refractivity contribution in [3.05, 3.63) is 47.1 Å². The topological polar surface area (TPSA) is 83.5 Å². The monoisotopic (exact) mass is 383 g/mol. The summed E-state index contributed by atoms with van der Waals surface area (Å²) in [6.07, 6.45) is 1.30. The molecule has 1 aromatic carbocycles. The molecule has 0 saturated carbocycles. The number of amides is 1. The van der Waals surface area contributed by atoms with Crippen molar-refractivity contribution < 1.29 is 22.8 Å². The van der Waals surface area contributed by atoms with Gasteiger partial charge in [-0.15, -0.1) is 11.3 Å². The zero-order valence-electron chi connectivity index (χ0n) is 13.4. The number of thiophene rings is 1. The molecule has 0 spiro atoms. The lowest BCUT2D eigenvalue weighted by Gasteiger charge is -2.35. The smallest absolute Gasteiger partial charge is 0.245 e. The summed E-state index contributed by atoms with van der Waals surface area (Å²) in [4.78, 5) is 13.2. The second-order valence-corrected chi connectivity index (χ2v) is 9.66. The van der Waals surface area contributed by atoms with E-state index in [2.05, 4.69) is 0 Å². The molecule has 134 valence electrons. The molecule has 0 aliphatic carbocycles. The lowest BCUT2D eigenvalue weighted by atomic mass is 9.94. The van der Waals surface area contributed by atoms with Crippen molar-refractivity contribution >= 4 is 27.1 Å². The lowest BCUT2D eigenvalue weighted by molar-refractivity contribution is -0.130. The van der Waals surface area contributed by atoms with Gasteiger partial charge in [0.05, 0.1) is 12.2 Å². The summed E-state index contributed by atoms with van der Waals surface area (Å²) in [7, 11) is -3.54. The maximum absolute atomic E-state index is 13.1. The highest BCUT2D eigenvalue weighted by Crippen LogP contribution is 2.47. The summed E-state index contributed by atoms with van der Waals surface area (Å²) in [5, 5.41) is 8.88. The van der Waals surface area contributed by atoms with E-state index in [1.165, 1.54) is 23.5 Å². The molecule has 1 aromatic heterocycles. The predicted octanol–water partition coefficient (Wildman–Crippen LogP) is 3.24. The SMILES string of the molecule is O=C(CC1(c2ccc(-c3ccc(F)cc3)s2)CCCCS1(=O)=O)NO. The van der Waals surface area contributed by atoms with Gasteiger partial charge in [0.25, 0.3) is 0 Å².